The van der Waals surface area contributed by atoms with Gasteiger partial charge in [0.1, 0.15) is 0 Å². The van der Waals surface area contributed by atoms with Crippen molar-refractivity contribution in [2.24, 2.45) is 17.3 Å². The minimum Gasteiger partial charge on any atom is -0.393 e. The van der Waals surface area contributed by atoms with E-state index in [1.165, 1.54) is 0 Å². The molecule has 2 rings (SSSR count). The summed E-state index contributed by atoms with van der Waals surface area (Å²) < 4.78 is 0. The van der Waals surface area contributed by atoms with Crippen molar-refractivity contribution >= 4 is 5.78 Å². The Morgan fingerprint density at radius 2 is 2.25 bits per heavy atom. The minimum absolute atomic E-state index is 0.217. The molecule has 0 aliphatic heterocycles. The molecule has 0 bridgehead atoms. The van der Waals surface area contributed by atoms with E-state index in [4.69, 9.17) is 0 Å². The van der Waals surface area contributed by atoms with E-state index in [0.29, 0.717) is 24.0 Å². The van der Waals surface area contributed by atoms with Crippen molar-refractivity contribution in [3.05, 3.63) is 11.6 Å². The van der Waals surface area contributed by atoms with Crippen LogP contribution in [0.15, 0.2) is 11.6 Å². The predicted octanol–water partition coefficient (Wildman–Crippen LogP) is 2.71. The fraction of sp³-hybridized carbons (Fsp3) is 0.786. The average molecular weight is 222 g/mol. The van der Waals surface area contributed by atoms with E-state index in [1.807, 2.05) is 6.92 Å². The number of allylic oxidation sites excluding steroid dienone is 2. The lowest BCUT2D eigenvalue weighted by atomic mass is 10.0. The molecule has 2 aliphatic carbocycles. The molecule has 16 heavy (non-hydrogen) atoms. The smallest absolute Gasteiger partial charge is 0.159 e. The Hall–Kier alpha value is -0.630. The van der Waals surface area contributed by atoms with Gasteiger partial charge in [-0.2, -0.15) is 0 Å². The van der Waals surface area contributed by atoms with Crippen LogP contribution in [0.1, 0.15) is 46.5 Å². The van der Waals surface area contributed by atoms with Gasteiger partial charge in [-0.05, 0) is 49.0 Å². The topological polar surface area (TPSA) is 37.3 Å². The molecule has 1 saturated carbocycles. The Kier molecular flexibility index (Phi) is 2.95. The molecule has 0 saturated heterocycles. The van der Waals surface area contributed by atoms with E-state index in [0.717, 1.165) is 24.8 Å². The predicted molar refractivity (Wildman–Crippen MR) is 64.0 cm³/mol. The van der Waals surface area contributed by atoms with Crippen molar-refractivity contribution in [1.29, 1.82) is 0 Å². The Balaban J connectivity index is 1.99. The highest BCUT2D eigenvalue weighted by Crippen LogP contribution is 2.64. The standard InChI is InChI=1S/C14H22O2/c1-9(15)7-8-11-13(14(11,2)3)10-5-4-6-12(10)16/h5,9,11,13,15H,4,6-8H2,1-3H3. The van der Waals surface area contributed by atoms with Crippen molar-refractivity contribution in [3.63, 3.8) is 0 Å². The van der Waals surface area contributed by atoms with Crippen molar-refractivity contribution in [1.82, 2.24) is 0 Å². The molecule has 0 spiro atoms. The van der Waals surface area contributed by atoms with Gasteiger partial charge in [0.2, 0.25) is 0 Å². The minimum atomic E-state index is -0.217. The van der Waals surface area contributed by atoms with Crippen LogP contribution in [-0.2, 0) is 4.79 Å². The third-order valence-electron chi connectivity index (χ3n) is 4.34. The van der Waals surface area contributed by atoms with Crippen molar-refractivity contribution in [3.8, 4) is 0 Å². The van der Waals surface area contributed by atoms with Crippen LogP contribution in [0.25, 0.3) is 0 Å². The molecule has 0 aromatic heterocycles. The van der Waals surface area contributed by atoms with E-state index in [2.05, 4.69) is 19.9 Å². The maximum Gasteiger partial charge on any atom is 0.159 e. The molecule has 1 N–H and O–H groups in total. The zero-order chi connectivity index (χ0) is 11.9. The summed E-state index contributed by atoms with van der Waals surface area (Å²) >= 11 is 0. The van der Waals surface area contributed by atoms with Gasteiger partial charge in [0.25, 0.3) is 0 Å². The van der Waals surface area contributed by atoms with E-state index in [-0.39, 0.29) is 11.5 Å². The van der Waals surface area contributed by atoms with Gasteiger partial charge in [0.15, 0.2) is 5.78 Å². The molecule has 2 heteroatoms. The average Bonchev–Trinajstić information content (AvgIpc) is 2.53. The number of Topliss-reactive ketones (excluding diaryl/α,β-unsaturated/α-hetero) is 1. The highest BCUT2D eigenvalue weighted by molar-refractivity contribution is 5.98. The van der Waals surface area contributed by atoms with Gasteiger partial charge in [-0.3, -0.25) is 4.79 Å². The van der Waals surface area contributed by atoms with Gasteiger partial charge in [-0.15, -0.1) is 0 Å². The summed E-state index contributed by atoms with van der Waals surface area (Å²) in [6, 6.07) is 0. The summed E-state index contributed by atoms with van der Waals surface area (Å²) in [4.78, 5) is 11.7. The first-order valence-electron chi connectivity index (χ1n) is 6.36. The SMILES string of the molecule is CC(O)CCC1C(C2=CCCC2=O)C1(C)C. The summed E-state index contributed by atoms with van der Waals surface area (Å²) in [5.74, 6) is 1.41. The zero-order valence-electron chi connectivity index (χ0n) is 10.5. The normalized spacial score (nSPS) is 33.8. The number of carbonyl (C=O) groups excluding carboxylic acids is 1. The lowest BCUT2D eigenvalue weighted by molar-refractivity contribution is -0.115. The van der Waals surface area contributed by atoms with Crippen LogP contribution >= 0.6 is 0 Å². The summed E-state index contributed by atoms with van der Waals surface area (Å²) in [6.07, 6.45) is 5.46. The van der Waals surface area contributed by atoms with Crippen LogP contribution in [-0.4, -0.2) is 17.0 Å². The maximum absolute atomic E-state index is 11.7. The van der Waals surface area contributed by atoms with E-state index in [9.17, 15) is 9.90 Å². The van der Waals surface area contributed by atoms with Gasteiger partial charge < -0.3 is 5.11 Å². The van der Waals surface area contributed by atoms with E-state index >= 15 is 0 Å². The fourth-order valence-corrected chi connectivity index (χ4v) is 3.24. The van der Waals surface area contributed by atoms with Gasteiger partial charge in [0, 0.05) is 6.42 Å². The van der Waals surface area contributed by atoms with Crippen LogP contribution in [0.5, 0.6) is 0 Å². The first-order chi connectivity index (χ1) is 7.44. The summed E-state index contributed by atoms with van der Waals surface area (Å²) in [5.41, 5.74) is 1.35. The number of hydrogen-bond acceptors (Lipinski definition) is 2. The molecule has 0 aromatic carbocycles. The van der Waals surface area contributed by atoms with Crippen molar-refractivity contribution < 1.29 is 9.90 Å². The molecule has 3 unspecified atom stereocenters. The summed E-state index contributed by atoms with van der Waals surface area (Å²) in [6.45, 7) is 6.33. The van der Waals surface area contributed by atoms with Gasteiger partial charge in [0.05, 0.1) is 6.10 Å². The number of hydrogen-bond donors (Lipinski definition) is 1. The number of aliphatic hydroxyl groups excluding tert-OH is 1. The quantitative estimate of drug-likeness (QED) is 0.794. The first kappa shape index (κ1) is 11.8. The zero-order valence-corrected chi connectivity index (χ0v) is 10.5. The number of aliphatic hydroxyl groups is 1. The molecule has 2 nitrogen and oxygen atoms in total. The Morgan fingerprint density at radius 3 is 2.75 bits per heavy atom. The fourth-order valence-electron chi connectivity index (χ4n) is 3.24. The highest BCUT2D eigenvalue weighted by atomic mass is 16.3. The van der Waals surface area contributed by atoms with Crippen LogP contribution in [0, 0.1) is 17.3 Å². The van der Waals surface area contributed by atoms with Gasteiger partial charge in [-0.1, -0.05) is 19.9 Å². The monoisotopic (exact) mass is 222 g/mol. The molecule has 0 amide bonds. The molecular weight excluding hydrogens is 200 g/mol. The van der Waals surface area contributed by atoms with Crippen molar-refractivity contribution in [2.75, 3.05) is 0 Å². The number of ketones is 1. The Labute approximate surface area is 97.7 Å². The molecule has 3 atom stereocenters. The highest BCUT2D eigenvalue weighted by Gasteiger charge is 2.59. The van der Waals surface area contributed by atoms with Crippen LogP contribution in [0.2, 0.25) is 0 Å². The van der Waals surface area contributed by atoms with Crippen LogP contribution < -0.4 is 0 Å². The molecule has 0 radical (unpaired) electrons. The van der Waals surface area contributed by atoms with Gasteiger partial charge in [-0.25, -0.2) is 0 Å². The number of rotatable bonds is 4. The molecule has 2 aliphatic rings. The lowest BCUT2D eigenvalue weighted by Gasteiger charge is -2.04. The molecule has 0 heterocycles. The Morgan fingerprint density at radius 1 is 1.56 bits per heavy atom. The molecular formula is C14H22O2. The third-order valence-corrected chi connectivity index (χ3v) is 4.34. The largest absolute Gasteiger partial charge is 0.393 e. The first-order valence-corrected chi connectivity index (χ1v) is 6.36. The van der Waals surface area contributed by atoms with E-state index < -0.39 is 0 Å². The second-order valence-electron chi connectivity index (χ2n) is 5.95. The molecule has 1 fully saturated rings. The second kappa shape index (κ2) is 3.99. The van der Waals surface area contributed by atoms with Crippen LogP contribution in [0.3, 0.4) is 0 Å². The van der Waals surface area contributed by atoms with Gasteiger partial charge >= 0.3 is 0 Å². The summed E-state index contributed by atoms with van der Waals surface area (Å²) in [7, 11) is 0. The second-order valence-corrected chi connectivity index (χ2v) is 5.95. The maximum atomic E-state index is 11.7. The third kappa shape index (κ3) is 1.95. The summed E-state index contributed by atoms with van der Waals surface area (Å²) in [5, 5.41) is 9.32. The molecule has 90 valence electrons. The van der Waals surface area contributed by atoms with E-state index in [1.54, 1.807) is 0 Å². The lowest BCUT2D eigenvalue weighted by Crippen LogP contribution is -2.02. The number of carbonyl (C=O) groups is 1. The Bertz CT molecular complexity index is 326. The van der Waals surface area contributed by atoms with Crippen molar-refractivity contribution in [2.45, 2.75) is 52.6 Å². The van der Waals surface area contributed by atoms with Crippen LogP contribution in [0.4, 0.5) is 0 Å². The molecule has 0 aromatic rings.